The zero-order chi connectivity index (χ0) is 20.2. The van der Waals surface area contributed by atoms with Crippen molar-refractivity contribution in [2.75, 3.05) is 37.6 Å². The van der Waals surface area contributed by atoms with Crippen LogP contribution in [0.2, 0.25) is 0 Å². The van der Waals surface area contributed by atoms with Gasteiger partial charge in [-0.25, -0.2) is 0 Å². The summed E-state index contributed by atoms with van der Waals surface area (Å²) in [6, 6.07) is 7.32. The molecule has 30 heavy (non-hydrogen) atoms. The van der Waals surface area contributed by atoms with Crippen molar-refractivity contribution in [3.05, 3.63) is 29.8 Å². The van der Waals surface area contributed by atoms with Crippen molar-refractivity contribution in [1.82, 2.24) is 15.5 Å². The van der Waals surface area contributed by atoms with Gasteiger partial charge in [-0.15, -0.1) is 12.4 Å². The summed E-state index contributed by atoms with van der Waals surface area (Å²) in [6.45, 7) is 3.71. The number of piperidine rings is 1. The maximum Gasteiger partial charge on any atom is 0.253 e. The van der Waals surface area contributed by atoms with Gasteiger partial charge in [0.05, 0.1) is 6.04 Å². The minimum Gasteiger partial charge on any atom is -0.354 e. The fraction of sp³-hybridized carbons (Fsp3) is 0.591. The zero-order valence-corrected chi connectivity index (χ0v) is 18.1. The summed E-state index contributed by atoms with van der Waals surface area (Å²) in [5.74, 6) is 0.549. The second kappa shape index (κ2) is 10.3. The Labute approximate surface area is 184 Å². The number of anilines is 1. The van der Waals surface area contributed by atoms with E-state index >= 15 is 0 Å². The highest BCUT2D eigenvalue weighted by Gasteiger charge is 2.27. The lowest BCUT2D eigenvalue weighted by Gasteiger charge is -2.33. The molecular weight excluding hydrogens is 404 g/mol. The lowest BCUT2D eigenvalue weighted by molar-refractivity contribution is -0.123. The molecule has 0 spiro atoms. The van der Waals surface area contributed by atoms with E-state index in [1.54, 1.807) is 4.90 Å². The van der Waals surface area contributed by atoms with Crippen molar-refractivity contribution < 1.29 is 14.4 Å². The fourth-order valence-electron chi connectivity index (χ4n) is 4.58. The second-order valence-electron chi connectivity index (χ2n) is 8.35. The van der Waals surface area contributed by atoms with E-state index in [-0.39, 0.29) is 36.2 Å². The highest BCUT2D eigenvalue weighted by Crippen LogP contribution is 2.23. The molecule has 1 aromatic rings. The van der Waals surface area contributed by atoms with E-state index < -0.39 is 0 Å². The number of carbonyl (C=O) groups is 3. The Morgan fingerprint density at radius 2 is 1.87 bits per heavy atom. The number of hydrogen-bond acceptors (Lipinski definition) is 4. The highest BCUT2D eigenvalue weighted by molar-refractivity contribution is 5.97. The Morgan fingerprint density at radius 1 is 1.07 bits per heavy atom. The Bertz CT molecular complexity index is 764. The molecule has 3 heterocycles. The topological polar surface area (TPSA) is 81.8 Å². The molecule has 2 atom stereocenters. The largest absolute Gasteiger partial charge is 0.354 e. The molecule has 0 bridgehead atoms. The molecule has 8 heteroatoms. The second-order valence-corrected chi connectivity index (χ2v) is 8.35. The Balaban J connectivity index is 0.00000256. The fourth-order valence-corrected chi connectivity index (χ4v) is 4.58. The third kappa shape index (κ3) is 5.13. The number of likely N-dealkylation sites (tertiary alicyclic amines) is 1. The van der Waals surface area contributed by atoms with Crippen molar-refractivity contribution in [3.63, 3.8) is 0 Å². The van der Waals surface area contributed by atoms with E-state index in [0.717, 1.165) is 57.4 Å². The first-order valence-corrected chi connectivity index (χ1v) is 10.8. The predicted octanol–water partition coefficient (Wildman–Crippen LogP) is 1.96. The highest BCUT2D eigenvalue weighted by atomic mass is 35.5. The monoisotopic (exact) mass is 434 g/mol. The molecule has 2 N–H and O–H groups in total. The molecule has 0 aromatic heterocycles. The van der Waals surface area contributed by atoms with E-state index in [9.17, 15) is 14.4 Å². The quantitative estimate of drug-likeness (QED) is 0.742. The number of carbonyl (C=O) groups excluding carboxylic acids is 3. The number of hydrogen-bond donors (Lipinski definition) is 2. The molecule has 0 saturated carbocycles. The molecule has 0 radical (unpaired) electrons. The van der Waals surface area contributed by atoms with Gasteiger partial charge in [-0.2, -0.15) is 0 Å². The average molecular weight is 435 g/mol. The maximum absolute atomic E-state index is 12.9. The van der Waals surface area contributed by atoms with Gasteiger partial charge in [0.2, 0.25) is 11.8 Å². The lowest BCUT2D eigenvalue weighted by atomic mass is 9.97. The maximum atomic E-state index is 12.9. The van der Waals surface area contributed by atoms with Crippen LogP contribution in [0.1, 0.15) is 48.9 Å². The van der Waals surface area contributed by atoms with Crippen molar-refractivity contribution in [2.45, 2.75) is 44.6 Å². The van der Waals surface area contributed by atoms with Crippen LogP contribution < -0.4 is 15.5 Å². The number of halogens is 1. The summed E-state index contributed by atoms with van der Waals surface area (Å²) in [7, 11) is 0. The normalized spacial score (nSPS) is 23.9. The zero-order valence-electron chi connectivity index (χ0n) is 17.3. The number of nitrogens with zero attached hydrogens (tertiary/aromatic N) is 2. The number of amides is 3. The van der Waals surface area contributed by atoms with E-state index in [1.165, 1.54) is 0 Å². The van der Waals surface area contributed by atoms with Crippen molar-refractivity contribution in [2.24, 2.45) is 5.92 Å². The molecule has 7 nitrogen and oxygen atoms in total. The van der Waals surface area contributed by atoms with Crippen LogP contribution in [0.25, 0.3) is 0 Å². The summed E-state index contributed by atoms with van der Waals surface area (Å²) in [4.78, 5) is 40.7. The van der Waals surface area contributed by atoms with Gasteiger partial charge in [-0.1, -0.05) is 0 Å². The van der Waals surface area contributed by atoms with Gasteiger partial charge in [-0.3, -0.25) is 14.4 Å². The van der Waals surface area contributed by atoms with Crippen molar-refractivity contribution >= 4 is 35.8 Å². The van der Waals surface area contributed by atoms with Gasteiger partial charge in [0.15, 0.2) is 0 Å². The standard InChI is InChI=1S/C22H30N4O3.ClH/c27-20-6-3-13-26(20)18-9-7-17(8-10-18)22(29)25-12-2-4-16(15-25)14-24-21(28)19-5-1-11-23-19;/h7-10,16,19,23H,1-6,11-15H2,(H,24,28);1H. The summed E-state index contributed by atoms with van der Waals surface area (Å²) in [6.07, 6.45) is 5.42. The molecule has 164 valence electrons. The van der Waals surface area contributed by atoms with E-state index in [1.807, 2.05) is 29.2 Å². The SMILES string of the molecule is Cl.O=C(NCC1CCCN(C(=O)c2ccc(N3CCCC3=O)cc2)C1)C1CCCN1. The van der Waals surface area contributed by atoms with Gasteiger partial charge in [0.1, 0.15) is 0 Å². The molecule has 3 aliphatic heterocycles. The summed E-state index contributed by atoms with van der Waals surface area (Å²) in [5, 5.41) is 6.28. The molecule has 3 amide bonds. The molecule has 3 saturated heterocycles. The van der Waals surface area contributed by atoms with Crippen molar-refractivity contribution in [3.8, 4) is 0 Å². The van der Waals surface area contributed by atoms with E-state index in [2.05, 4.69) is 10.6 Å². The minimum atomic E-state index is -0.0580. The van der Waals surface area contributed by atoms with Crippen LogP contribution in [0.4, 0.5) is 5.69 Å². The third-order valence-electron chi connectivity index (χ3n) is 6.25. The first-order chi connectivity index (χ1) is 14.1. The van der Waals surface area contributed by atoms with Gasteiger partial charge >= 0.3 is 0 Å². The van der Waals surface area contributed by atoms with Gasteiger partial charge in [0.25, 0.3) is 5.91 Å². The summed E-state index contributed by atoms with van der Waals surface area (Å²) < 4.78 is 0. The molecular formula is C22H31ClN4O3. The van der Waals surface area contributed by atoms with Crippen LogP contribution in [0.5, 0.6) is 0 Å². The first-order valence-electron chi connectivity index (χ1n) is 10.8. The number of rotatable bonds is 5. The minimum absolute atomic E-state index is 0. The molecule has 2 unspecified atom stereocenters. The molecule has 0 aliphatic carbocycles. The van der Waals surface area contributed by atoms with Crippen molar-refractivity contribution in [1.29, 1.82) is 0 Å². The van der Waals surface area contributed by atoms with Gasteiger partial charge in [0, 0.05) is 43.9 Å². The smallest absolute Gasteiger partial charge is 0.253 e. The molecule has 3 fully saturated rings. The number of nitrogens with one attached hydrogen (secondary N) is 2. The summed E-state index contributed by atoms with van der Waals surface area (Å²) in [5.41, 5.74) is 1.52. The van der Waals surface area contributed by atoms with Gasteiger partial charge < -0.3 is 20.4 Å². The van der Waals surface area contributed by atoms with Gasteiger partial charge in [-0.05, 0) is 68.8 Å². The summed E-state index contributed by atoms with van der Waals surface area (Å²) >= 11 is 0. The average Bonchev–Trinajstić information content (AvgIpc) is 3.44. The van der Waals surface area contributed by atoms with Crippen LogP contribution in [-0.2, 0) is 9.59 Å². The van der Waals surface area contributed by atoms with E-state index in [4.69, 9.17) is 0 Å². The Morgan fingerprint density at radius 3 is 2.53 bits per heavy atom. The first kappa shape index (κ1) is 22.6. The Kier molecular flexibility index (Phi) is 7.72. The third-order valence-corrected chi connectivity index (χ3v) is 6.25. The van der Waals surface area contributed by atoms with E-state index in [0.29, 0.717) is 31.0 Å². The van der Waals surface area contributed by atoms with Crippen LogP contribution in [0.3, 0.4) is 0 Å². The molecule has 4 rings (SSSR count). The Hall–Kier alpha value is -2.12. The van der Waals surface area contributed by atoms with Crippen LogP contribution in [-0.4, -0.2) is 61.4 Å². The predicted molar refractivity (Wildman–Crippen MR) is 118 cm³/mol. The molecule has 1 aromatic carbocycles. The lowest BCUT2D eigenvalue weighted by Crippen LogP contribution is -2.46. The van der Waals surface area contributed by atoms with Crippen LogP contribution in [0.15, 0.2) is 24.3 Å². The van der Waals surface area contributed by atoms with Crippen LogP contribution in [0, 0.1) is 5.92 Å². The van der Waals surface area contributed by atoms with Crippen LogP contribution >= 0.6 is 12.4 Å². The molecule has 3 aliphatic rings. The number of benzene rings is 1.